The maximum atomic E-state index is 6.11. The summed E-state index contributed by atoms with van der Waals surface area (Å²) in [5, 5.41) is 8.83. The van der Waals surface area contributed by atoms with Gasteiger partial charge in [-0.2, -0.15) is 0 Å². The molecule has 0 unspecified atom stereocenters. The molecule has 1 aromatic heterocycles. The van der Waals surface area contributed by atoms with Gasteiger partial charge < -0.3 is 5.73 Å². The van der Waals surface area contributed by atoms with Crippen LogP contribution in [0.25, 0.3) is 11.3 Å². The summed E-state index contributed by atoms with van der Waals surface area (Å²) in [5.41, 5.74) is 7.02. The van der Waals surface area contributed by atoms with Crippen molar-refractivity contribution in [2.45, 2.75) is 6.54 Å². The van der Waals surface area contributed by atoms with Crippen molar-refractivity contribution in [2.75, 3.05) is 0 Å². The fourth-order valence-electron chi connectivity index (χ4n) is 1.43. The van der Waals surface area contributed by atoms with E-state index in [0.717, 1.165) is 11.3 Å². The smallest absolute Gasteiger partial charge is 0.0946 e. The third kappa shape index (κ3) is 2.74. The van der Waals surface area contributed by atoms with E-state index >= 15 is 0 Å². The van der Waals surface area contributed by atoms with Crippen molar-refractivity contribution in [1.29, 1.82) is 0 Å². The average Bonchev–Trinajstić information content (AvgIpc) is 2.65. The molecule has 17 heavy (non-hydrogen) atoms. The van der Waals surface area contributed by atoms with Crippen LogP contribution in [0.15, 0.2) is 24.4 Å². The molecule has 0 radical (unpaired) electrons. The minimum Gasteiger partial charge on any atom is -0.392 e. The molecule has 0 aliphatic heterocycles. The third-order valence-electron chi connectivity index (χ3n) is 2.13. The minimum atomic E-state index is 0.323. The summed E-state index contributed by atoms with van der Waals surface area (Å²) >= 11 is 16.8. The number of nitrogens with zero attached hydrogens (tertiary/aromatic N) is 3. The Kier molecular flexibility index (Phi) is 3.61. The number of nitrogens with two attached hydrogens (primary N) is 1. The van der Waals surface area contributed by atoms with Crippen molar-refractivity contribution in [3.8, 4) is 11.3 Å². The highest BCUT2D eigenvalue weighted by Gasteiger charge is 2.11. The first-order valence-electron chi connectivity index (χ1n) is 4.70. The summed E-state index contributed by atoms with van der Waals surface area (Å²) in [6.45, 7) is 0.323. The third-order valence-corrected chi connectivity index (χ3v) is 2.81. The zero-order valence-electron chi connectivity index (χ0n) is 8.60. The Morgan fingerprint density at radius 3 is 2.82 bits per heavy atom. The topological polar surface area (TPSA) is 56.7 Å². The van der Waals surface area contributed by atoms with Crippen LogP contribution >= 0.6 is 35.4 Å². The van der Waals surface area contributed by atoms with Crippen molar-refractivity contribution >= 4 is 40.4 Å². The molecule has 0 aliphatic rings. The van der Waals surface area contributed by atoms with Crippen molar-refractivity contribution in [3.63, 3.8) is 0 Å². The highest BCUT2D eigenvalue weighted by atomic mass is 35.5. The monoisotopic (exact) mass is 286 g/mol. The molecule has 0 amide bonds. The van der Waals surface area contributed by atoms with Crippen LogP contribution in [0.5, 0.6) is 0 Å². The Morgan fingerprint density at radius 2 is 2.18 bits per heavy atom. The quantitative estimate of drug-likeness (QED) is 0.881. The molecular weight excluding hydrogens is 279 g/mol. The SMILES string of the molecule is NC(=S)Cn1nncc1-c1ccc(Cl)cc1Cl. The predicted octanol–water partition coefficient (Wildman–Crippen LogP) is 2.54. The van der Waals surface area contributed by atoms with E-state index in [1.165, 1.54) is 0 Å². The van der Waals surface area contributed by atoms with Gasteiger partial charge in [0, 0.05) is 10.6 Å². The molecule has 2 aromatic rings. The highest BCUT2D eigenvalue weighted by Crippen LogP contribution is 2.29. The van der Waals surface area contributed by atoms with E-state index in [2.05, 4.69) is 10.3 Å². The molecule has 4 nitrogen and oxygen atoms in total. The van der Waals surface area contributed by atoms with Gasteiger partial charge in [-0.1, -0.05) is 40.6 Å². The maximum absolute atomic E-state index is 6.11. The molecule has 0 saturated heterocycles. The van der Waals surface area contributed by atoms with Crippen molar-refractivity contribution < 1.29 is 0 Å². The zero-order valence-corrected chi connectivity index (χ0v) is 10.9. The van der Waals surface area contributed by atoms with Crippen LogP contribution in [0.4, 0.5) is 0 Å². The van der Waals surface area contributed by atoms with Crippen molar-refractivity contribution in [2.24, 2.45) is 5.73 Å². The lowest BCUT2D eigenvalue weighted by Crippen LogP contribution is -2.18. The maximum Gasteiger partial charge on any atom is 0.0946 e. The first-order chi connectivity index (χ1) is 8.08. The molecule has 1 heterocycles. The molecule has 1 aromatic carbocycles. The molecule has 0 fully saturated rings. The largest absolute Gasteiger partial charge is 0.392 e. The van der Waals surface area contributed by atoms with E-state index in [1.54, 1.807) is 29.1 Å². The number of hydrogen-bond donors (Lipinski definition) is 1. The van der Waals surface area contributed by atoms with Gasteiger partial charge in [-0.3, -0.25) is 0 Å². The lowest BCUT2D eigenvalue weighted by atomic mass is 10.1. The van der Waals surface area contributed by atoms with Crippen LogP contribution in [-0.4, -0.2) is 20.0 Å². The molecule has 2 N–H and O–H groups in total. The molecule has 0 aliphatic carbocycles. The van der Waals surface area contributed by atoms with Crippen molar-refractivity contribution in [3.05, 3.63) is 34.4 Å². The Bertz CT molecular complexity index is 567. The number of rotatable bonds is 3. The van der Waals surface area contributed by atoms with Crippen LogP contribution < -0.4 is 5.73 Å². The summed E-state index contributed by atoms with van der Waals surface area (Å²) in [6, 6.07) is 5.22. The predicted molar refractivity (Wildman–Crippen MR) is 72.3 cm³/mol. The standard InChI is InChI=1S/C10H8Cl2N4S/c11-6-1-2-7(8(12)3-6)9-4-14-15-16(9)5-10(13)17/h1-4H,5H2,(H2,13,17). The number of benzene rings is 1. The molecule has 0 saturated carbocycles. The lowest BCUT2D eigenvalue weighted by Gasteiger charge is -2.07. The summed E-state index contributed by atoms with van der Waals surface area (Å²) in [5.74, 6) is 0. The zero-order chi connectivity index (χ0) is 12.4. The van der Waals surface area contributed by atoms with Gasteiger partial charge in [-0.05, 0) is 18.2 Å². The summed E-state index contributed by atoms with van der Waals surface area (Å²) in [7, 11) is 0. The first kappa shape index (κ1) is 12.3. The fraction of sp³-hybridized carbons (Fsp3) is 0.100. The van der Waals surface area contributed by atoms with Gasteiger partial charge in [0.05, 0.1) is 28.4 Å². The van der Waals surface area contributed by atoms with Gasteiger partial charge >= 0.3 is 0 Å². The minimum absolute atomic E-state index is 0.323. The Labute approximate surface area is 113 Å². The molecule has 0 bridgehead atoms. The first-order valence-corrected chi connectivity index (χ1v) is 5.86. The van der Waals surface area contributed by atoms with E-state index in [1.807, 2.05) is 0 Å². The van der Waals surface area contributed by atoms with Gasteiger partial charge in [0.1, 0.15) is 0 Å². The van der Waals surface area contributed by atoms with E-state index in [0.29, 0.717) is 21.6 Å². The van der Waals surface area contributed by atoms with Crippen LogP contribution in [0, 0.1) is 0 Å². The van der Waals surface area contributed by atoms with E-state index in [-0.39, 0.29) is 0 Å². The van der Waals surface area contributed by atoms with Gasteiger partial charge in [-0.15, -0.1) is 5.10 Å². The van der Waals surface area contributed by atoms with Crippen LogP contribution in [0.3, 0.4) is 0 Å². The van der Waals surface area contributed by atoms with Crippen LogP contribution in [0.2, 0.25) is 10.0 Å². The lowest BCUT2D eigenvalue weighted by molar-refractivity contribution is 0.687. The van der Waals surface area contributed by atoms with Crippen molar-refractivity contribution in [1.82, 2.24) is 15.0 Å². The molecule has 7 heteroatoms. The molecule has 2 rings (SSSR count). The van der Waals surface area contributed by atoms with E-state index in [9.17, 15) is 0 Å². The Hall–Kier alpha value is -1.17. The normalized spacial score (nSPS) is 10.5. The van der Waals surface area contributed by atoms with Gasteiger partial charge in [-0.25, -0.2) is 4.68 Å². The summed E-state index contributed by atoms with van der Waals surface area (Å²) < 4.78 is 1.59. The number of aromatic nitrogens is 3. The van der Waals surface area contributed by atoms with Gasteiger partial charge in [0.2, 0.25) is 0 Å². The summed E-state index contributed by atoms with van der Waals surface area (Å²) in [4.78, 5) is 0.335. The van der Waals surface area contributed by atoms with Gasteiger partial charge in [0.25, 0.3) is 0 Å². The van der Waals surface area contributed by atoms with Gasteiger partial charge in [0.15, 0.2) is 0 Å². The van der Waals surface area contributed by atoms with Crippen LogP contribution in [-0.2, 0) is 6.54 Å². The fourth-order valence-corrected chi connectivity index (χ4v) is 2.06. The molecule has 88 valence electrons. The molecule has 0 atom stereocenters. The van der Waals surface area contributed by atoms with E-state index < -0.39 is 0 Å². The second kappa shape index (κ2) is 5.00. The Balaban J connectivity index is 2.46. The average molecular weight is 287 g/mol. The number of hydrogen-bond acceptors (Lipinski definition) is 3. The molecule has 0 spiro atoms. The number of thiocarbonyl (C=S) groups is 1. The second-order valence-corrected chi connectivity index (χ2v) is 4.74. The second-order valence-electron chi connectivity index (χ2n) is 3.37. The molecular formula is C10H8Cl2N4S. The summed E-state index contributed by atoms with van der Waals surface area (Å²) in [6.07, 6.45) is 1.60. The van der Waals surface area contributed by atoms with Crippen LogP contribution in [0.1, 0.15) is 0 Å². The number of halogens is 2. The highest BCUT2D eigenvalue weighted by molar-refractivity contribution is 7.80. The van der Waals surface area contributed by atoms with E-state index in [4.69, 9.17) is 41.2 Å². The Morgan fingerprint density at radius 1 is 1.41 bits per heavy atom.